The molecule has 0 aliphatic heterocycles. The van der Waals surface area contributed by atoms with Crippen LogP contribution in [0.15, 0.2) is 22.7 Å². The molecule has 0 aliphatic rings. The lowest BCUT2D eigenvalue weighted by Crippen LogP contribution is -2.31. The first-order valence-corrected chi connectivity index (χ1v) is 6.43. The molecular formula is C12H16BrF3N2O. The van der Waals surface area contributed by atoms with Crippen LogP contribution in [-0.4, -0.2) is 43.3 Å². The highest BCUT2D eigenvalue weighted by Crippen LogP contribution is 2.33. The second-order valence-electron chi connectivity index (χ2n) is 4.49. The van der Waals surface area contributed by atoms with Crippen LogP contribution in [0.3, 0.4) is 0 Å². The Morgan fingerprint density at radius 1 is 1.37 bits per heavy atom. The second kappa shape index (κ2) is 6.58. The minimum atomic E-state index is -4.38. The third-order valence-electron chi connectivity index (χ3n) is 2.40. The first kappa shape index (κ1) is 16.3. The summed E-state index contributed by atoms with van der Waals surface area (Å²) in [5, 5.41) is 12.5. The summed E-state index contributed by atoms with van der Waals surface area (Å²) in [6.07, 6.45) is -5.03. The first-order chi connectivity index (χ1) is 8.70. The minimum Gasteiger partial charge on any atom is -0.390 e. The number of rotatable bonds is 5. The molecule has 0 aliphatic carbocycles. The third-order valence-corrected chi connectivity index (χ3v) is 3.09. The number of alkyl halides is 3. The average molecular weight is 341 g/mol. The van der Waals surface area contributed by atoms with E-state index in [9.17, 15) is 18.3 Å². The molecule has 1 aromatic carbocycles. The van der Waals surface area contributed by atoms with Crippen LogP contribution in [0, 0.1) is 0 Å². The van der Waals surface area contributed by atoms with Crippen molar-refractivity contribution in [2.45, 2.75) is 12.3 Å². The van der Waals surface area contributed by atoms with Gasteiger partial charge in [-0.2, -0.15) is 13.2 Å². The second-order valence-corrected chi connectivity index (χ2v) is 5.34. The molecule has 2 N–H and O–H groups in total. The number of benzene rings is 1. The summed E-state index contributed by atoms with van der Waals surface area (Å²) in [6, 6.07) is 3.36. The number of hydrogen-bond donors (Lipinski definition) is 2. The largest absolute Gasteiger partial charge is 0.416 e. The maximum absolute atomic E-state index is 12.6. The van der Waals surface area contributed by atoms with Gasteiger partial charge in [0.15, 0.2) is 0 Å². The van der Waals surface area contributed by atoms with Crippen molar-refractivity contribution < 1.29 is 18.3 Å². The molecule has 108 valence electrons. The first-order valence-electron chi connectivity index (χ1n) is 5.63. The lowest BCUT2D eigenvalue weighted by Gasteiger charge is -2.18. The van der Waals surface area contributed by atoms with Gasteiger partial charge in [0.05, 0.1) is 11.7 Å². The van der Waals surface area contributed by atoms with E-state index in [2.05, 4.69) is 21.2 Å². The van der Waals surface area contributed by atoms with Gasteiger partial charge in [-0.3, -0.25) is 0 Å². The van der Waals surface area contributed by atoms with Crippen LogP contribution in [-0.2, 0) is 6.18 Å². The fraction of sp³-hybridized carbons (Fsp3) is 0.500. The highest BCUT2D eigenvalue weighted by atomic mass is 79.9. The van der Waals surface area contributed by atoms with E-state index in [4.69, 9.17) is 0 Å². The Hall–Kier alpha value is -0.790. The Morgan fingerprint density at radius 3 is 2.53 bits per heavy atom. The Morgan fingerprint density at radius 2 is 2.00 bits per heavy atom. The number of nitrogens with one attached hydrogen (secondary N) is 1. The number of anilines is 1. The van der Waals surface area contributed by atoms with Gasteiger partial charge in [-0.1, -0.05) is 0 Å². The molecule has 1 unspecified atom stereocenters. The predicted molar refractivity (Wildman–Crippen MR) is 72.2 cm³/mol. The van der Waals surface area contributed by atoms with Crippen molar-refractivity contribution in [1.29, 1.82) is 0 Å². The maximum atomic E-state index is 12.6. The fourth-order valence-electron chi connectivity index (χ4n) is 1.55. The number of aliphatic hydroxyl groups is 1. The molecule has 0 aromatic heterocycles. The minimum absolute atomic E-state index is 0.179. The molecule has 0 amide bonds. The van der Waals surface area contributed by atoms with Crippen LogP contribution in [0.25, 0.3) is 0 Å². The molecule has 0 saturated heterocycles. The van der Waals surface area contributed by atoms with Gasteiger partial charge in [-0.25, -0.2) is 0 Å². The topological polar surface area (TPSA) is 35.5 Å². The van der Waals surface area contributed by atoms with E-state index >= 15 is 0 Å². The molecule has 0 heterocycles. The van der Waals surface area contributed by atoms with Crippen molar-refractivity contribution >= 4 is 21.6 Å². The molecule has 0 saturated carbocycles. The molecule has 1 aromatic rings. The van der Waals surface area contributed by atoms with E-state index in [1.165, 1.54) is 6.07 Å². The van der Waals surface area contributed by atoms with Gasteiger partial charge >= 0.3 is 6.18 Å². The summed E-state index contributed by atoms with van der Waals surface area (Å²) in [5.74, 6) is 0. The molecule has 0 bridgehead atoms. The van der Waals surface area contributed by atoms with Crippen LogP contribution in [0.4, 0.5) is 18.9 Å². The number of hydrogen-bond acceptors (Lipinski definition) is 3. The highest BCUT2D eigenvalue weighted by molar-refractivity contribution is 9.10. The van der Waals surface area contributed by atoms with Gasteiger partial charge in [0.25, 0.3) is 0 Å². The van der Waals surface area contributed by atoms with Gasteiger partial charge in [-0.05, 0) is 48.2 Å². The average Bonchev–Trinajstić information content (AvgIpc) is 2.25. The summed E-state index contributed by atoms with van der Waals surface area (Å²) < 4.78 is 38.2. The van der Waals surface area contributed by atoms with Crippen LogP contribution >= 0.6 is 15.9 Å². The Labute approximate surface area is 118 Å². The summed E-state index contributed by atoms with van der Waals surface area (Å²) in [6.45, 7) is 0.613. The van der Waals surface area contributed by atoms with Crippen molar-refractivity contribution in [1.82, 2.24) is 4.90 Å². The molecule has 1 atom stereocenters. The van der Waals surface area contributed by atoms with Crippen LogP contribution in [0.2, 0.25) is 0 Å². The summed E-state index contributed by atoms with van der Waals surface area (Å²) in [4.78, 5) is 1.80. The van der Waals surface area contributed by atoms with E-state index in [1.54, 1.807) is 4.90 Å². The van der Waals surface area contributed by atoms with Crippen LogP contribution < -0.4 is 5.32 Å². The van der Waals surface area contributed by atoms with Crippen molar-refractivity contribution in [3.8, 4) is 0 Å². The lowest BCUT2D eigenvalue weighted by atomic mass is 10.2. The van der Waals surface area contributed by atoms with Crippen LogP contribution in [0.5, 0.6) is 0 Å². The Bertz CT molecular complexity index is 424. The molecule has 0 radical (unpaired) electrons. The lowest BCUT2D eigenvalue weighted by molar-refractivity contribution is -0.137. The SMILES string of the molecule is CN(C)CC(O)CNc1cc(C(F)(F)F)ccc1Br. The van der Waals surface area contributed by atoms with E-state index in [0.717, 1.165) is 12.1 Å². The fourth-order valence-corrected chi connectivity index (χ4v) is 1.94. The Kier molecular flexibility index (Phi) is 5.64. The zero-order valence-corrected chi connectivity index (χ0v) is 12.2. The number of halogens is 4. The molecule has 1 rings (SSSR count). The number of likely N-dealkylation sites (N-methyl/N-ethyl adjacent to an activating group) is 1. The zero-order valence-electron chi connectivity index (χ0n) is 10.6. The molecular weight excluding hydrogens is 325 g/mol. The zero-order chi connectivity index (χ0) is 14.6. The smallest absolute Gasteiger partial charge is 0.390 e. The normalized spacial score (nSPS) is 13.7. The molecule has 0 spiro atoms. The standard InChI is InChI=1S/C12H16BrF3N2O/c1-18(2)7-9(19)6-17-11-5-8(12(14,15)16)3-4-10(11)13/h3-5,9,17,19H,6-7H2,1-2H3. The van der Waals surface area contributed by atoms with Gasteiger partial charge < -0.3 is 15.3 Å². The van der Waals surface area contributed by atoms with Crippen molar-refractivity contribution in [2.24, 2.45) is 0 Å². The highest BCUT2D eigenvalue weighted by Gasteiger charge is 2.30. The summed E-state index contributed by atoms with van der Waals surface area (Å²) in [5.41, 5.74) is -0.409. The Balaban J connectivity index is 2.72. The third kappa shape index (κ3) is 5.38. The van der Waals surface area contributed by atoms with Crippen LogP contribution in [0.1, 0.15) is 5.56 Å². The van der Waals surface area contributed by atoms with Gasteiger partial charge in [0.2, 0.25) is 0 Å². The van der Waals surface area contributed by atoms with E-state index < -0.39 is 17.8 Å². The van der Waals surface area contributed by atoms with Crippen molar-refractivity contribution in [2.75, 3.05) is 32.5 Å². The van der Waals surface area contributed by atoms with Gasteiger partial charge in [0.1, 0.15) is 0 Å². The molecule has 0 fully saturated rings. The quantitative estimate of drug-likeness (QED) is 0.865. The molecule has 19 heavy (non-hydrogen) atoms. The maximum Gasteiger partial charge on any atom is 0.416 e. The number of aliphatic hydroxyl groups excluding tert-OH is 1. The molecule has 7 heteroatoms. The van der Waals surface area contributed by atoms with Gasteiger partial charge in [0, 0.05) is 23.2 Å². The summed E-state index contributed by atoms with van der Waals surface area (Å²) >= 11 is 3.18. The van der Waals surface area contributed by atoms with E-state index in [-0.39, 0.29) is 6.54 Å². The molecule has 3 nitrogen and oxygen atoms in total. The van der Waals surface area contributed by atoms with Crippen molar-refractivity contribution in [3.05, 3.63) is 28.2 Å². The van der Waals surface area contributed by atoms with Crippen molar-refractivity contribution in [3.63, 3.8) is 0 Å². The predicted octanol–water partition coefficient (Wildman–Crippen LogP) is 2.80. The number of nitrogens with zero attached hydrogens (tertiary/aromatic N) is 1. The van der Waals surface area contributed by atoms with E-state index in [1.807, 2.05) is 14.1 Å². The van der Waals surface area contributed by atoms with Gasteiger partial charge in [-0.15, -0.1) is 0 Å². The van der Waals surface area contributed by atoms with E-state index in [0.29, 0.717) is 16.7 Å². The monoisotopic (exact) mass is 340 g/mol. The summed E-state index contributed by atoms with van der Waals surface area (Å²) in [7, 11) is 3.62.